The summed E-state index contributed by atoms with van der Waals surface area (Å²) in [5.41, 5.74) is -1.52. The van der Waals surface area contributed by atoms with Gasteiger partial charge in [-0.3, -0.25) is 14.4 Å². The third kappa shape index (κ3) is 6.42. The van der Waals surface area contributed by atoms with Crippen LogP contribution in [0.4, 0.5) is 0 Å². The molecule has 9 nitrogen and oxygen atoms in total. The van der Waals surface area contributed by atoms with E-state index in [-0.39, 0.29) is 6.61 Å². The van der Waals surface area contributed by atoms with Gasteiger partial charge >= 0.3 is 11.9 Å². The van der Waals surface area contributed by atoms with Gasteiger partial charge in [0.15, 0.2) is 12.4 Å². The van der Waals surface area contributed by atoms with Crippen LogP contribution in [0.1, 0.15) is 48.5 Å². The molecule has 0 aromatic carbocycles. The molecule has 1 amide bonds. The monoisotopic (exact) mass is 403 g/mol. The Morgan fingerprint density at radius 1 is 1.00 bits per heavy atom. The van der Waals surface area contributed by atoms with Crippen molar-refractivity contribution in [1.82, 2.24) is 5.32 Å². The van der Waals surface area contributed by atoms with Gasteiger partial charge < -0.3 is 29.4 Å². The Morgan fingerprint density at radius 2 is 1.54 bits per heavy atom. The lowest BCUT2D eigenvalue weighted by molar-refractivity contribution is -0.267. The van der Waals surface area contributed by atoms with E-state index >= 15 is 0 Å². The van der Waals surface area contributed by atoms with Crippen LogP contribution in [0, 0.1) is 10.8 Å². The Hall–Kier alpha value is -1.71. The Kier molecular flexibility index (Phi) is 7.99. The molecule has 162 valence electrons. The van der Waals surface area contributed by atoms with Crippen LogP contribution in [0.15, 0.2) is 0 Å². The summed E-state index contributed by atoms with van der Waals surface area (Å²) >= 11 is 0. The number of hydrogen-bond donors (Lipinski definition) is 2. The molecule has 5 atom stereocenters. The first-order valence-corrected chi connectivity index (χ1v) is 9.20. The van der Waals surface area contributed by atoms with Gasteiger partial charge in [0.25, 0.3) is 0 Å². The van der Waals surface area contributed by atoms with E-state index in [9.17, 15) is 19.5 Å². The number of esters is 2. The molecule has 9 heteroatoms. The van der Waals surface area contributed by atoms with Crippen LogP contribution < -0.4 is 5.32 Å². The van der Waals surface area contributed by atoms with E-state index in [1.54, 1.807) is 41.5 Å². The quantitative estimate of drug-likeness (QED) is 0.646. The van der Waals surface area contributed by atoms with E-state index in [1.165, 1.54) is 14.0 Å². The fourth-order valence-corrected chi connectivity index (χ4v) is 2.54. The van der Waals surface area contributed by atoms with Crippen LogP contribution in [0.5, 0.6) is 0 Å². The summed E-state index contributed by atoms with van der Waals surface area (Å²) in [7, 11) is 1.38. The van der Waals surface area contributed by atoms with Crippen molar-refractivity contribution in [3.63, 3.8) is 0 Å². The number of carbonyl (C=O) groups excluding carboxylic acids is 3. The molecule has 1 saturated heterocycles. The van der Waals surface area contributed by atoms with Crippen LogP contribution in [-0.4, -0.2) is 67.3 Å². The molecule has 0 radical (unpaired) electrons. The van der Waals surface area contributed by atoms with Crippen LogP contribution in [0.2, 0.25) is 0 Å². The van der Waals surface area contributed by atoms with Crippen molar-refractivity contribution in [3.8, 4) is 0 Å². The zero-order valence-electron chi connectivity index (χ0n) is 17.9. The number of aliphatic hydroxyl groups excluding tert-OH is 1. The van der Waals surface area contributed by atoms with Crippen molar-refractivity contribution in [2.75, 3.05) is 13.7 Å². The van der Waals surface area contributed by atoms with Gasteiger partial charge in [-0.05, 0) is 41.5 Å². The molecule has 0 aromatic heterocycles. The van der Waals surface area contributed by atoms with Gasteiger partial charge in [0.2, 0.25) is 5.91 Å². The van der Waals surface area contributed by atoms with Gasteiger partial charge in [-0.25, -0.2) is 0 Å². The minimum absolute atomic E-state index is 0.206. The molecule has 2 N–H and O–H groups in total. The van der Waals surface area contributed by atoms with Crippen molar-refractivity contribution in [2.24, 2.45) is 10.8 Å². The minimum atomic E-state index is -1.48. The Bertz CT molecular complexity index is 577. The van der Waals surface area contributed by atoms with E-state index in [0.29, 0.717) is 0 Å². The molecule has 0 aromatic rings. The van der Waals surface area contributed by atoms with Crippen molar-refractivity contribution >= 4 is 17.8 Å². The molecule has 1 fully saturated rings. The van der Waals surface area contributed by atoms with Gasteiger partial charge in [0.05, 0.1) is 10.8 Å². The maximum atomic E-state index is 12.4. The van der Waals surface area contributed by atoms with E-state index in [2.05, 4.69) is 5.32 Å². The highest BCUT2D eigenvalue weighted by atomic mass is 16.7. The van der Waals surface area contributed by atoms with Crippen LogP contribution in [0.3, 0.4) is 0 Å². The van der Waals surface area contributed by atoms with Crippen LogP contribution in [0.25, 0.3) is 0 Å². The SMILES string of the molecule is CO[C@@H]1[C@H](OC(=O)C(C)(C)C)[C@@H](NC(C)=O)[C@@H](O)O[C@@H]1COC(=O)C(C)(C)C. The van der Waals surface area contributed by atoms with Crippen molar-refractivity contribution in [2.45, 2.75) is 79.1 Å². The molecule has 1 rings (SSSR count). The van der Waals surface area contributed by atoms with E-state index < -0.39 is 59.3 Å². The fourth-order valence-electron chi connectivity index (χ4n) is 2.54. The summed E-state index contributed by atoms with van der Waals surface area (Å²) in [5.74, 6) is -1.42. The van der Waals surface area contributed by atoms with Crippen molar-refractivity contribution < 1.29 is 38.4 Å². The standard InChI is InChI=1S/C19H33NO8/c1-10(21)20-12-14(28-17(24)19(5,6)7)13(25-8)11(27-15(12)22)9-26-16(23)18(2,3)4/h11-15,22H,9H2,1-8H3,(H,20,21)/t11-,12-,13+,14-,15+/m1/s1. The van der Waals surface area contributed by atoms with E-state index in [1.807, 2.05) is 0 Å². The number of rotatable bonds is 5. The fraction of sp³-hybridized carbons (Fsp3) is 0.842. The second-order valence-electron chi connectivity index (χ2n) is 8.96. The number of hydrogen-bond acceptors (Lipinski definition) is 8. The van der Waals surface area contributed by atoms with Crippen molar-refractivity contribution in [1.29, 1.82) is 0 Å². The minimum Gasteiger partial charge on any atom is -0.462 e. The van der Waals surface area contributed by atoms with E-state index in [0.717, 1.165) is 0 Å². The third-order valence-corrected chi connectivity index (χ3v) is 4.15. The number of ether oxygens (including phenoxy) is 4. The number of carbonyl (C=O) groups is 3. The largest absolute Gasteiger partial charge is 0.462 e. The lowest BCUT2D eigenvalue weighted by atomic mass is 9.93. The highest BCUT2D eigenvalue weighted by molar-refractivity contribution is 5.76. The van der Waals surface area contributed by atoms with Gasteiger partial charge in [-0.1, -0.05) is 0 Å². The zero-order chi connectivity index (χ0) is 21.9. The second-order valence-corrected chi connectivity index (χ2v) is 8.96. The van der Waals surface area contributed by atoms with Gasteiger partial charge in [-0.2, -0.15) is 0 Å². The zero-order valence-corrected chi connectivity index (χ0v) is 17.9. The molecular formula is C19H33NO8. The lowest BCUT2D eigenvalue weighted by Gasteiger charge is -2.44. The molecule has 0 bridgehead atoms. The number of nitrogens with one attached hydrogen (secondary N) is 1. The molecule has 0 saturated carbocycles. The lowest BCUT2D eigenvalue weighted by Crippen LogP contribution is -2.66. The maximum absolute atomic E-state index is 12.4. The second kappa shape index (κ2) is 9.19. The van der Waals surface area contributed by atoms with Gasteiger partial charge in [-0.15, -0.1) is 0 Å². The molecular weight excluding hydrogens is 370 g/mol. The first-order valence-electron chi connectivity index (χ1n) is 9.20. The number of amides is 1. The smallest absolute Gasteiger partial charge is 0.311 e. The highest BCUT2D eigenvalue weighted by Gasteiger charge is 2.49. The van der Waals surface area contributed by atoms with Gasteiger partial charge in [0, 0.05) is 14.0 Å². The summed E-state index contributed by atoms with van der Waals surface area (Å²) in [5, 5.41) is 12.9. The average molecular weight is 403 g/mol. The van der Waals surface area contributed by atoms with Crippen molar-refractivity contribution in [3.05, 3.63) is 0 Å². The van der Waals surface area contributed by atoms with Gasteiger partial charge in [0.1, 0.15) is 24.9 Å². The predicted octanol–water partition coefficient (Wildman–Crippen LogP) is 0.771. The molecule has 1 aliphatic rings. The first kappa shape index (κ1) is 24.3. The third-order valence-electron chi connectivity index (χ3n) is 4.15. The Morgan fingerprint density at radius 3 is 1.96 bits per heavy atom. The predicted molar refractivity (Wildman–Crippen MR) is 99.0 cm³/mol. The molecule has 1 aliphatic heterocycles. The van der Waals surface area contributed by atoms with Crippen LogP contribution >= 0.6 is 0 Å². The molecule has 1 heterocycles. The number of aliphatic hydroxyl groups is 1. The molecule has 0 unspecified atom stereocenters. The molecule has 0 spiro atoms. The maximum Gasteiger partial charge on any atom is 0.311 e. The Balaban J connectivity index is 3.08. The molecule has 0 aliphatic carbocycles. The summed E-state index contributed by atoms with van der Waals surface area (Å²) in [6, 6.07) is -1.04. The highest BCUT2D eigenvalue weighted by Crippen LogP contribution is 2.28. The normalized spacial score (nSPS) is 28.4. The Labute approximate surface area is 166 Å². The topological polar surface area (TPSA) is 120 Å². The summed E-state index contributed by atoms with van der Waals surface area (Å²) in [6.45, 7) is 11.2. The molecule has 28 heavy (non-hydrogen) atoms. The summed E-state index contributed by atoms with van der Waals surface area (Å²) in [6.07, 6.45) is -4.29. The summed E-state index contributed by atoms with van der Waals surface area (Å²) < 4.78 is 21.8. The van der Waals surface area contributed by atoms with E-state index in [4.69, 9.17) is 18.9 Å². The summed E-state index contributed by atoms with van der Waals surface area (Å²) in [4.78, 5) is 36.1. The average Bonchev–Trinajstić information content (AvgIpc) is 2.53. The first-order chi connectivity index (χ1) is 12.7. The number of methoxy groups -OCH3 is 1. The van der Waals surface area contributed by atoms with Crippen LogP contribution in [-0.2, 0) is 33.3 Å².